The van der Waals surface area contributed by atoms with Gasteiger partial charge in [0, 0.05) is 44.0 Å². The molecule has 0 radical (unpaired) electrons. The highest BCUT2D eigenvalue weighted by Crippen LogP contribution is 2.22. The van der Waals surface area contributed by atoms with Crippen LogP contribution in [0.25, 0.3) is 0 Å². The molecule has 3 rings (SSSR count). The van der Waals surface area contributed by atoms with Crippen LogP contribution in [0.5, 0.6) is 0 Å². The molecular weight excluding hydrogens is 388 g/mol. The molecule has 0 aliphatic carbocycles. The van der Waals surface area contributed by atoms with E-state index in [-0.39, 0.29) is 11.3 Å². The Labute approximate surface area is 185 Å². The molecule has 2 aromatic carbocycles. The Kier molecular flexibility index (Phi) is 7.33. The molecule has 1 heterocycles. The third-order valence-corrected chi connectivity index (χ3v) is 5.81. The van der Waals surface area contributed by atoms with E-state index in [9.17, 15) is 9.59 Å². The predicted molar refractivity (Wildman–Crippen MR) is 125 cm³/mol. The van der Waals surface area contributed by atoms with Crippen molar-refractivity contribution in [2.24, 2.45) is 5.73 Å². The fourth-order valence-corrected chi connectivity index (χ4v) is 3.78. The molecule has 166 valence electrons. The number of rotatable bonds is 7. The summed E-state index contributed by atoms with van der Waals surface area (Å²) < 4.78 is 0. The number of nitrogens with zero attached hydrogens (tertiary/aromatic N) is 2. The van der Waals surface area contributed by atoms with Crippen molar-refractivity contribution in [1.29, 1.82) is 0 Å². The van der Waals surface area contributed by atoms with Gasteiger partial charge in [0.05, 0.1) is 6.54 Å². The quantitative estimate of drug-likeness (QED) is 0.719. The normalized spacial score (nSPS) is 15.0. The first-order valence-corrected chi connectivity index (χ1v) is 11.0. The summed E-state index contributed by atoms with van der Waals surface area (Å²) in [7, 11) is 0. The maximum absolute atomic E-state index is 12.3. The number of amides is 2. The Morgan fingerprint density at radius 2 is 1.55 bits per heavy atom. The molecule has 2 aromatic rings. The second kappa shape index (κ2) is 9.96. The van der Waals surface area contributed by atoms with E-state index in [1.165, 1.54) is 11.1 Å². The summed E-state index contributed by atoms with van der Waals surface area (Å²) in [6.07, 6.45) is 0.839. The van der Waals surface area contributed by atoms with E-state index in [4.69, 9.17) is 5.73 Å². The summed E-state index contributed by atoms with van der Waals surface area (Å²) in [5, 5.41) is 3.05. The van der Waals surface area contributed by atoms with Crippen molar-refractivity contribution >= 4 is 17.5 Å². The first kappa shape index (κ1) is 22.8. The van der Waals surface area contributed by atoms with Crippen LogP contribution in [0.2, 0.25) is 0 Å². The minimum Gasteiger partial charge on any atom is -0.369 e. The third kappa shape index (κ3) is 6.56. The molecule has 0 aromatic heterocycles. The molecule has 2 amide bonds. The molecule has 6 nitrogen and oxygen atoms in total. The molecule has 1 saturated heterocycles. The molecule has 0 spiro atoms. The summed E-state index contributed by atoms with van der Waals surface area (Å²) in [4.78, 5) is 28.0. The number of nitrogens with one attached hydrogen (secondary N) is 1. The lowest BCUT2D eigenvalue weighted by Crippen LogP contribution is -2.49. The number of benzene rings is 2. The molecule has 1 fully saturated rings. The van der Waals surface area contributed by atoms with Gasteiger partial charge in [-0.05, 0) is 47.2 Å². The van der Waals surface area contributed by atoms with E-state index in [0.717, 1.165) is 38.3 Å². The Hall–Kier alpha value is -2.86. The van der Waals surface area contributed by atoms with E-state index in [1.807, 2.05) is 12.1 Å². The van der Waals surface area contributed by atoms with Gasteiger partial charge in [0.1, 0.15) is 0 Å². The van der Waals surface area contributed by atoms with Crippen LogP contribution in [-0.2, 0) is 16.6 Å². The van der Waals surface area contributed by atoms with Crippen molar-refractivity contribution in [2.45, 2.75) is 32.6 Å². The number of anilines is 1. The second-order valence-corrected chi connectivity index (χ2v) is 9.22. The standard InChI is InChI=1S/C25H34N4O2/c1-25(2,3)21-8-4-19(5-9-21)12-13-27-23(30)18-28-14-16-29(17-15-28)22-10-6-20(7-11-22)24(26)31/h4-11H,12-18H2,1-3H3,(H2,26,31)(H,27,30). The van der Waals surface area contributed by atoms with Gasteiger partial charge in [-0.2, -0.15) is 0 Å². The Bertz CT molecular complexity index is 877. The Morgan fingerprint density at radius 3 is 2.10 bits per heavy atom. The van der Waals surface area contributed by atoms with E-state index in [1.54, 1.807) is 12.1 Å². The third-order valence-electron chi connectivity index (χ3n) is 5.81. The molecule has 1 aliphatic rings. The number of nitrogens with two attached hydrogens (primary N) is 1. The number of hydrogen-bond acceptors (Lipinski definition) is 4. The molecular formula is C25H34N4O2. The van der Waals surface area contributed by atoms with Gasteiger partial charge >= 0.3 is 0 Å². The molecule has 0 atom stereocenters. The maximum Gasteiger partial charge on any atom is 0.248 e. The monoisotopic (exact) mass is 422 g/mol. The molecule has 1 aliphatic heterocycles. The SMILES string of the molecule is CC(C)(C)c1ccc(CCNC(=O)CN2CCN(c3ccc(C(N)=O)cc3)CC2)cc1. The maximum atomic E-state index is 12.3. The van der Waals surface area contributed by atoms with Crippen LogP contribution in [0, 0.1) is 0 Å². The van der Waals surface area contributed by atoms with Crippen molar-refractivity contribution in [3.05, 3.63) is 65.2 Å². The average Bonchev–Trinajstić information content (AvgIpc) is 2.74. The topological polar surface area (TPSA) is 78.7 Å². The van der Waals surface area contributed by atoms with Crippen LogP contribution < -0.4 is 16.0 Å². The Morgan fingerprint density at radius 1 is 0.935 bits per heavy atom. The summed E-state index contributed by atoms with van der Waals surface area (Å²) in [6.45, 7) is 11.1. The predicted octanol–water partition coefficient (Wildman–Crippen LogP) is 2.56. The fraction of sp³-hybridized carbons (Fsp3) is 0.440. The lowest BCUT2D eigenvalue weighted by molar-refractivity contribution is -0.122. The first-order valence-electron chi connectivity index (χ1n) is 11.0. The van der Waals surface area contributed by atoms with Gasteiger partial charge in [0.2, 0.25) is 11.8 Å². The van der Waals surface area contributed by atoms with Crippen LogP contribution in [-0.4, -0.2) is 56.0 Å². The molecule has 0 bridgehead atoms. The highest BCUT2D eigenvalue weighted by molar-refractivity contribution is 5.93. The fourth-order valence-electron chi connectivity index (χ4n) is 3.78. The summed E-state index contributed by atoms with van der Waals surface area (Å²) in [5.41, 5.74) is 9.61. The van der Waals surface area contributed by atoms with E-state index in [0.29, 0.717) is 18.7 Å². The van der Waals surface area contributed by atoms with E-state index < -0.39 is 5.91 Å². The van der Waals surface area contributed by atoms with Gasteiger partial charge in [0.15, 0.2) is 0 Å². The minimum absolute atomic E-state index is 0.0746. The van der Waals surface area contributed by atoms with Gasteiger partial charge in [-0.1, -0.05) is 45.0 Å². The summed E-state index contributed by atoms with van der Waals surface area (Å²) in [6, 6.07) is 16.0. The van der Waals surface area contributed by atoms with Crippen molar-refractivity contribution in [3.8, 4) is 0 Å². The van der Waals surface area contributed by atoms with Gasteiger partial charge in [-0.15, -0.1) is 0 Å². The van der Waals surface area contributed by atoms with Gasteiger partial charge in [0.25, 0.3) is 0 Å². The van der Waals surface area contributed by atoms with Crippen LogP contribution in [0.1, 0.15) is 42.3 Å². The minimum atomic E-state index is -0.413. The number of primary amides is 1. The van der Waals surface area contributed by atoms with Gasteiger partial charge in [-0.25, -0.2) is 0 Å². The zero-order valence-corrected chi connectivity index (χ0v) is 18.9. The number of carbonyl (C=O) groups is 2. The molecule has 0 unspecified atom stereocenters. The van der Waals surface area contributed by atoms with Crippen molar-refractivity contribution in [2.75, 3.05) is 44.2 Å². The van der Waals surface area contributed by atoms with Gasteiger partial charge < -0.3 is 16.0 Å². The largest absolute Gasteiger partial charge is 0.369 e. The molecule has 6 heteroatoms. The van der Waals surface area contributed by atoms with Crippen molar-refractivity contribution in [1.82, 2.24) is 10.2 Å². The molecule has 0 saturated carbocycles. The smallest absolute Gasteiger partial charge is 0.248 e. The lowest BCUT2D eigenvalue weighted by atomic mass is 9.86. The van der Waals surface area contributed by atoms with E-state index >= 15 is 0 Å². The average molecular weight is 423 g/mol. The van der Waals surface area contributed by atoms with Crippen LogP contribution in [0.4, 0.5) is 5.69 Å². The Balaban J connectivity index is 1.37. The summed E-state index contributed by atoms with van der Waals surface area (Å²) >= 11 is 0. The number of carbonyl (C=O) groups excluding carboxylic acids is 2. The highest BCUT2D eigenvalue weighted by Gasteiger charge is 2.19. The zero-order chi connectivity index (χ0) is 22.4. The second-order valence-electron chi connectivity index (χ2n) is 9.22. The van der Waals surface area contributed by atoms with Crippen LogP contribution in [0.3, 0.4) is 0 Å². The highest BCUT2D eigenvalue weighted by atomic mass is 16.2. The molecule has 31 heavy (non-hydrogen) atoms. The van der Waals surface area contributed by atoms with Crippen molar-refractivity contribution < 1.29 is 9.59 Å². The van der Waals surface area contributed by atoms with E-state index in [2.05, 4.69) is 60.2 Å². The number of hydrogen-bond donors (Lipinski definition) is 2. The van der Waals surface area contributed by atoms with Crippen molar-refractivity contribution in [3.63, 3.8) is 0 Å². The zero-order valence-electron chi connectivity index (χ0n) is 18.9. The van der Waals surface area contributed by atoms with Gasteiger partial charge in [-0.3, -0.25) is 14.5 Å². The lowest BCUT2D eigenvalue weighted by Gasteiger charge is -2.35. The first-order chi connectivity index (χ1) is 14.7. The summed E-state index contributed by atoms with van der Waals surface area (Å²) in [5.74, 6) is -0.338. The number of piperazine rings is 1. The molecule has 3 N–H and O–H groups in total. The van der Waals surface area contributed by atoms with Crippen LogP contribution >= 0.6 is 0 Å². The van der Waals surface area contributed by atoms with Crippen LogP contribution in [0.15, 0.2) is 48.5 Å².